The third kappa shape index (κ3) is 2.10. The standard InChI is InChI=1S/C9H7ClFN5O3S/c10-7-6-8(13-3-12-6)15-9(14-7)16-2-4(1-5(16)17)20(11,18)19/h3-4H,1-2H2,(H,12,13,14,15). The van der Waals surface area contributed by atoms with Gasteiger partial charge in [-0.15, -0.1) is 3.89 Å². The first kappa shape index (κ1) is 13.2. The monoisotopic (exact) mass is 319 g/mol. The van der Waals surface area contributed by atoms with E-state index in [0.717, 1.165) is 4.90 Å². The quantitative estimate of drug-likeness (QED) is 0.634. The van der Waals surface area contributed by atoms with Crippen molar-refractivity contribution in [1.82, 2.24) is 19.9 Å². The van der Waals surface area contributed by atoms with Crippen LogP contribution in [0, 0.1) is 0 Å². The number of aromatic amines is 1. The summed E-state index contributed by atoms with van der Waals surface area (Å²) >= 11 is 5.90. The molecule has 1 aliphatic heterocycles. The lowest BCUT2D eigenvalue weighted by molar-refractivity contribution is -0.117. The van der Waals surface area contributed by atoms with Crippen LogP contribution in [0.25, 0.3) is 11.2 Å². The van der Waals surface area contributed by atoms with Crippen LogP contribution >= 0.6 is 11.6 Å². The first-order valence-electron chi connectivity index (χ1n) is 5.46. The van der Waals surface area contributed by atoms with Crippen molar-refractivity contribution >= 4 is 44.8 Å². The summed E-state index contributed by atoms with van der Waals surface area (Å²) in [5.41, 5.74) is 0.635. The molecule has 1 aliphatic rings. The number of aromatic nitrogens is 4. The van der Waals surface area contributed by atoms with Gasteiger partial charge >= 0.3 is 10.2 Å². The Kier molecular flexibility index (Phi) is 2.87. The number of fused-ring (bicyclic) bond motifs is 1. The van der Waals surface area contributed by atoms with Crippen molar-refractivity contribution < 1.29 is 17.1 Å². The van der Waals surface area contributed by atoms with Gasteiger partial charge in [-0.25, -0.2) is 4.98 Å². The molecular weight excluding hydrogens is 313 g/mol. The minimum atomic E-state index is -4.79. The number of hydrogen-bond donors (Lipinski definition) is 1. The van der Waals surface area contributed by atoms with Gasteiger partial charge < -0.3 is 4.98 Å². The van der Waals surface area contributed by atoms with E-state index in [1.807, 2.05) is 0 Å². The van der Waals surface area contributed by atoms with E-state index in [-0.39, 0.29) is 23.3 Å². The summed E-state index contributed by atoms with van der Waals surface area (Å²) in [4.78, 5) is 27.2. The molecule has 0 aliphatic carbocycles. The van der Waals surface area contributed by atoms with E-state index in [4.69, 9.17) is 11.6 Å². The number of carbonyl (C=O) groups excluding carboxylic acids is 1. The third-order valence-corrected chi connectivity index (χ3v) is 4.34. The van der Waals surface area contributed by atoms with Crippen LogP contribution in [0.2, 0.25) is 5.15 Å². The molecule has 3 heterocycles. The van der Waals surface area contributed by atoms with Gasteiger partial charge in [0, 0.05) is 13.0 Å². The summed E-state index contributed by atoms with van der Waals surface area (Å²) in [5.74, 6) is -0.673. The van der Waals surface area contributed by atoms with Gasteiger partial charge in [-0.1, -0.05) is 11.6 Å². The van der Waals surface area contributed by atoms with Gasteiger partial charge in [-0.05, 0) is 0 Å². The van der Waals surface area contributed by atoms with Crippen molar-refractivity contribution in [3.8, 4) is 0 Å². The Morgan fingerprint density at radius 1 is 1.45 bits per heavy atom. The minimum Gasteiger partial charge on any atom is -0.341 e. The van der Waals surface area contributed by atoms with E-state index in [0.29, 0.717) is 5.52 Å². The second-order valence-electron chi connectivity index (χ2n) is 4.22. The van der Waals surface area contributed by atoms with Crippen molar-refractivity contribution in [1.29, 1.82) is 0 Å². The molecular formula is C9H7ClFN5O3S. The average molecular weight is 320 g/mol. The Morgan fingerprint density at radius 3 is 2.85 bits per heavy atom. The highest BCUT2D eigenvalue weighted by Crippen LogP contribution is 2.26. The summed E-state index contributed by atoms with van der Waals surface area (Å²) in [5, 5.41) is -1.37. The Bertz CT molecular complexity index is 807. The molecule has 3 rings (SSSR count). The van der Waals surface area contributed by atoms with Crippen LogP contribution < -0.4 is 4.90 Å². The minimum absolute atomic E-state index is 0.0434. The van der Waals surface area contributed by atoms with Crippen LogP contribution in [0.3, 0.4) is 0 Å². The fraction of sp³-hybridized carbons (Fsp3) is 0.333. The van der Waals surface area contributed by atoms with Crippen molar-refractivity contribution in [3.63, 3.8) is 0 Å². The number of halogens is 2. The summed E-state index contributed by atoms with van der Waals surface area (Å²) in [6.45, 7) is -0.343. The maximum atomic E-state index is 12.9. The largest absolute Gasteiger partial charge is 0.341 e. The number of nitrogens with zero attached hydrogens (tertiary/aromatic N) is 4. The number of hydrogen-bond acceptors (Lipinski definition) is 6. The van der Waals surface area contributed by atoms with E-state index < -0.39 is 27.8 Å². The SMILES string of the molecule is O=C1CC(S(=O)(=O)F)CN1c1nc(Cl)c2[nH]cnc2n1. The molecule has 8 nitrogen and oxygen atoms in total. The second kappa shape index (κ2) is 4.35. The van der Waals surface area contributed by atoms with Crippen molar-refractivity contribution in [2.45, 2.75) is 11.7 Å². The number of anilines is 1. The first-order valence-corrected chi connectivity index (χ1v) is 7.29. The zero-order valence-corrected chi connectivity index (χ0v) is 11.3. The smallest absolute Gasteiger partial charge is 0.307 e. The van der Waals surface area contributed by atoms with E-state index in [2.05, 4.69) is 19.9 Å². The van der Waals surface area contributed by atoms with Crippen molar-refractivity contribution in [2.24, 2.45) is 0 Å². The van der Waals surface area contributed by atoms with Crippen molar-refractivity contribution in [3.05, 3.63) is 11.5 Å². The topological polar surface area (TPSA) is 109 Å². The fourth-order valence-corrected chi connectivity index (χ4v) is 2.85. The second-order valence-corrected chi connectivity index (χ2v) is 6.20. The highest BCUT2D eigenvalue weighted by Gasteiger charge is 2.40. The molecule has 0 spiro atoms. The molecule has 0 radical (unpaired) electrons. The van der Waals surface area contributed by atoms with Crippen LogP contribution in [0.1, 0.15) is 6.42 Å². The molecule has 2 aromatic heterocycles. The fourth-order valence-electron chi connectivity index (χ4n) is 1.96. The maximum absolute atomic E-state index is 12.9. The lowest BCUT2D eigenvalue weighted by Crippen LogP contribution is -2.28. The van der Waals surface area contributed by atoms with Gasteiger partial charge in [0.2, 0.25) is 11.9 Å². The predicted octanol–water partition coefficient (Wildman–Crippen LogP) is 0.411. The molecule has 0 bridgehead atoms. The number of imidazole rings is 1. The lowest BCUT2D eigenvalue weighted by Gasteiger charge is -2.13. The Morgan fingerprint density at radius 2 is 2.20 bits per heavy atom. The summed E-state index contributed by atoms with van der Waals surface area (Å²) in [6, 6.07) is 0. The van der Waals surface area contributed by atoms with Crippen LogP contribution in [-0.4, -0.2) is 46.1 Å². The van der Waals surface area contributed by atoms with Gasteiger partial charge in [-0.3, -0.25) is 9.69 Å². The van der Waals surface area contributed by atoms with Gasteiger partial charge in [0.25, 0.3) is 0 Å². The van der Waals surface area contributed by atoms with E-state index in [1.165, 1.54) is 6.33 Å². The van der Waals surface area contributed by atoms with Crippen LogP contribution in [-0.2, 0) is 15.0 Å². The van der Waals surface area contributed by atoms with Gasteiger partial charge in [0.1, 0.15) is 10.8 Å². The predicted molar refractivity (Wildman–Crippen MR) is 67.5 cm³/mol. The summed E-state index contributed by atoms with van der Waals surface area (Å²) < 4.78 is 34.7. The molecule has 0 aromatic carbocycles. The molecule has 11 heteroatoms. The number of rotatable bonds is 2. The highest BCUT2D eigenvalue weighted by molar-refractivity contribution is 7.87. The zero-order valence-electron chi connectivity index (χ0n) is 9.75. The number of nitrogens with one attached hydrogen (secondary N) is 1. The molecule has 20 heavy (non-hydrogen) atoms. The first-order chi connectivity index (χ1) is 9.36. The number of carbonyl (C=O) groups is 1. The van der Waals surface area contributed by atoms with Crippen molar-refractivity contribution in [2.75, 3.05) is 11.4 Å². The van der Waals surface area contributed by atoms with Gasteiger partial charge in [0.05, 0.1) is 6.33 Å². The molecule has 2 aromatic rings. The molecule has 1 unspecified atom stereocenters. The van der Waals surface area contributed by atoms with E-state index in [9.17, 15) is 17.1 Å². The summed E-state index contributed by atoms with van der Waals surface area (Å²) in [7, 11) is -4.79. The summed E-state index contributed by atoms with van der Waals surface area (Å²) in [6.07, 6.45) is 0.911. The van der Waals surface area contributed by atoms with Gasteiger partial charge in [0.15, 0.2) is 10.8 Å². The normalized spacial score (nSPS) is 20.0. The van der Waals surface area contributed by atoms with Crippen LogP contribution in [0.5, 0.6) is 0 Å². The van der Waals surface area contributed by atoms with Crippen LogP contribution in [0.4, 0.5) is 9.83 Å². The maximum Gasteiger partial charge on any atom is 0.307 e. The Balaban J connectivity index is 2.01. The molecule has 106 valence electrons. The number of amides is 1. The zero-order chi connectivity index (χ0) is 14.5. The van der Waals surface area contributed by atoms with Crippen LogP contribution in [0.15, 0.2) is 6.33 Å². The molecule has 1 fully saturated rings. The molecule has 1 amide bonds. The van der Waals surface area contributed by atoms with E-state index in [1.54, 1.807) is 0 Å². The molecule has 1 saturated heterocycles. The van der Waals surface area contributed by atoms with E-state index >= 15 is 0 Å². The Hall–Kier alpha value is -1.81. The third-order valence-electron chi connectivity index (χ3n) is 2.96. The molecule has 0 saturated carbocycles. The molecule has 1 atom stereocenters. The lowest BCUT2D eigenvalue weighted by atomic mass is 10.4. The molecule has 1 N–H and O–H groups in total. The van der Waals surface area contributed by atoms with Gasteiger partial charge in [-0.2, -0.15) is 18.4 Å². The highest BCUT2D eigenvalue weighted by atomic mass is 35.5. The average Bonchev–Trinajstić information content (AvgIpc) is 2.94. The Labute approximate surface area is 117 Å². The number of H-pyrrole nitrogens is 1.